The number of carbonyl (C=O) groups is 1. The van der Waals surface area contributed by atoms with Gasteiger partial charge >= 0.3 is 0 Å². The van der Waals surface area contributed by atoms with Crippen molar-refractivity contribution in [1.82, 2.24) is 0 Å². The third kappa shape index (κ3) is 5.06. The van der Waals surface area contributed by atoms with Crippen LogP contribution in [0, 0.1) is 11.3 Å². The third-order valence-corrected chi connectivity index (χ3v) is 3.18. The molecule has 0 aromatic heterocycles. The van der Waals surface area contributed by atoms with E-state index < -0.39 is 0 Å². The summed E-state index contributed by atoms with van der Waals surface area (Å²) in [5, 5.41) is 0. The lowest BCUT2D eigenvalue weighted by Gasteiger charge is -2.23. The van der Waals surface area contributed by atoms with Gasteiger partial charge in [0, 0.05) is 31.8 Å². The molecule has 0 aliphatic rings. The van der Waals surface area contributed by atoms with Crippen molar-refractivity contribution >= 4 is 11.5 Å². The minimum absolute atomic E-state index is 0.251. The highest BCUT2D eigenvalue weighted by Crippen LogP contribution is 2.28. The molecule has 0 amide bonds. The molecule has 0 radical (unpaired) electrons. The van der Waals surface area contributed by atoms with Crippen LogP contribution in [0.1, 0.15) is 50.9 Å². The first-order valence-corrected chi connectivity index (χ1v) is 7.00. The van der Waals surface area contributed by atoms with E-state index in [9.17, 15) is 4.79 Å². The Bertz CT molecular complexity index is 429. The topological polar surface area (TPSA) is 20.3 Å². The number of nitrogens with zero attached hydrogens (tertiary/aromatic N) is 1. The fourth-order valence-corrected chi connectivity index (χ4v) is 2.64. The Labute approximate surface area is 117 Å². The maximum Gasteiger partial charge on any atom is 0.165 e. The zero-order chi connectivity index (χ0) is 14.6. The summed E-state index contributed by atoms with van der Waals surface area (Å²) in [6.07, 6.45) is 1.70. The number of anilines is 1. The maximum absolute atomic E-state index is 12.4. The van der Waals surface area contributed by atoms with Gasteiger partial charge in [0.15, 0.2) is 5.78 Å². The van der Waals surface area contributed by atoms with E-state index in [-0.39, 0.29) is 11.2 Å². The molecule has 1 aromatic carbocycles. The molecule has 2 heteroatoms. The van der Waals surface area contributed by atoms with Crippen molar-refractivity contribution in [3.8, 4) is 0 Å². The summed E-state index contributed by atoms with van der Waals surface area (Å²) in [4.78, 5) is 14.4. The number of hydrogen-bond donors (Lipinski definition) is 0. The molecule has 19 heavy (non-hydrogen) atoms. The van der Waals surface area contributed by atoms with Crippen molar-refractivity contribution < 1.29 is 4.79 Å². The fraction of sp³-hybridized carbons (Fsp3) is 0.588. The molecule has 0 saturated heterocycles. The Kier molecular flexibility index (Phi) is 5.16. The van der Waals surface area contributed by atoms with Gasteiger partial charge in [-0.2, -0.15) is 0 Å². The van der Waals surface area contributed by atoms with Gasteiger partial charge in [0.25, 0.3) is 0 Å². The first-order chi connectivity index (χ1) is 8.70. The SMILES string of the molecule is CC(CC(=O)c1ccccc1N(C)C)CC(C)(C)C. The largest absolute Gasteiger partial charge is 0.377 e. The van der Waals surface area contributed by atoms with E-state index in [0.717, 1.165) is 17.7 Å². The summed E-state index contributed by atoms with van der Waals surface area (Å²) in [6, 6.07) is 7.85. The van der Waals surface area contributed by atoms with Gasteiger partial charge in [-0.1, -0.05) is 39.8 Å². The molecule has 1 atom stereocenters. The minimum Gasteiger partial charge on any atom is -0.377 e. The third-order valence-electron chi connectivity index (χ3n) is 3.18. The second-order valence-corrected chi connectivity index (χ2v) is 6.91. The number of para-hydroxylation sites is 1. The normalized spacial score (nSPS) is 13.2. The van der Waals surface area contributed by atoms with E-state index in [0.29, 0.717) is 12.3 Å². The minimum atomic E-state index is 0.251. The lowest BCUT2D eigenvalue weighted by Crippen LogP contribution is -2.17. The summed E-state index contributed by atoms with van der Waals surface area (Å²) in [7, 11) is 3.95. The zero-order valence-electron chi connectivity index (χ0n) is 13.2. The number of rotatable bonds is 5. The quantitative estimate of drug-likeness (QED) is 0.732. The van der Waals surface area contributed by atoms with Crippen LogP contribution >= 0.6 is 0 Å². The summed E-state index contributed by atoms with van der Waals surface area (Å²) in [6.45, 7) is 8.84. The van der Waals surface area contributed by atoms with E-state index in [2.05, 4.69) is 27.7 Å². The zero-order valence-corrected chi connectivity index (χ0v) is 13.2. The molecule has 0 aliphatic heterocycles. The Morgan fingerprint density at radius 3 is 2.32 bits per heavy atom. The van der Waals surface area contributed by atoms with Crippen LogP contribution in [-0.2, 0) is 0 Å². The summed E-state index contributed by atoms with van der Waals surface area (Å²) >= 11 is 0. The van der Waals surface area contributed by atoms with E-state index in [4.69, 9.17) is 0 Å². The fourth-order valence-electron chi connectivity index (χ4n) is 2.64. The summed E-state index contributed by atoms with van der Waals surface area (Å²) in [5.74, 6) is 0.670. The van der Waals surface area contributed by atoms with Crippen LogP contribution in [0.4, 0.5) is 5.69 Å². The van der Waals surface area contributed by atoms with Gasteiger partial charge in [0.2, 0.25) is 0 Å². The first kappa shape index (κ1) is 15.7. The van der Waals surface area contributed by atoms with Crippen molar-refractivity contribution in [2.75, 3.05) is 19.0 Å². The van der Waals surface area contributed by atoms with Crippen molar-refractivity contribution in [2.24, 2.45) is 11.3 Å². The van der Waals surface area contributed by atoms with E-state index >= 15 is 0 Å². The van der Waals surface area contributed by atoms with Crippen LogP contribution in [0.3, 0.4) is 0 Å². The van der Waals surface area contributed by atoms with E-state index in [1.165, 1.54) is 0 Å². The highest BCUT2D eigenvalue weighted by molar-refractivity contribution is 6.01. The molecule has 2 nitrogen and oxygen atoms in total. The van der Waals surface area contributed by atoms with Crippen LogP contribution in [0.2, 0.25) is 0 Å². The van der Waals surface area contributed by atoms with Crippen LogP contribution in [-0.4, -0.2) is 19.9 Å². The van der Waals surface area contributed by atoms with Gasteiger partial charge in [-0.15, -0.1) is 0 Å². The first-order valence-electron chi connectivity index (χ1n) is 7.00. The van der Waals surface area contributed by atoms with Gasteiger partial charge in [-0.3, -0.25) is 4.79 Å². The number of ketones is 1. The highest BCUT2D eigenvalue weighted by Gasteiger charge is 2.20. The average Bonchev–Trinajstić information content (AvgIpc) is 2.26. The molecule has 0 spiro atoms. The second kappa shape index (κ2) is 6.23. The number of benzene rings is 1. The summed E-state index contributed by atoms with van der Waals surface area (Å²) < 4.78 is 0. The average molecular weight is 261 g/mol. The second-order valence-electron chi connectivity index (χ2n) is 6.91. The van der Waals surface area contributed by atoms with Crippen LogP contribution in [0.15, 0.2) is 24.3 Å². The van der Waals surface area contributed by atoms with Crippen LogP contribution < -0.4 is 4.90 Å². The van der Waals surface area contributed by atoms with Gasteiger partial charge in [0.1, 0.15) is 0 Å². The van der Waals surface area contributed by atoms with Crippen LogP contribution in [0.25, 0.3) is 0 Å². The van der Waals surface area contributed by atoms with Gasteiger partial charge in [-0.25, -0.2) is 0 Å². The highest BCUT2D eigenvalue weighted by atomic mass is 16.1. The molecule has 0 aliphatic carbocycles. The molecule has 1 rings (SSSR count). The molecule has 0 heterocycles. The van der Waals surface area contributed by atoms with Gasteiger partial charge in [0.05, 0.1) is 0 Å². The molecule has 1 unspecified atom stereocenters. The number of carbonyl (C=O) groups excluding carboxylic acids is 1. The standard InChI is InChI=1S/C17H27NO/c1-13(12-17(2,3)4)11-16(19)14-9-7-8-10-15(14)18(5)6/h7-10,13H,11-12H2,1-6H3. The molecule has 0 bridgehead atoms. The van der Waals surface area contributed by atoms with Crippen molar-refractivity contribution in [1.29, 1.82) is 0 Å². The molecule has 0 saturated carbocycles. The number of hydrogen-bond acceptors (Lipinski definition) is 2. The lowest BCUT2D eigenvalue weighted by molar-refractivity contribution is 0.0955. The smallest absolute Gasteiger partial charge is 0.165 e. The molecule has 0 fully saturated rings. The van der Waals surface area contributed by atoms with Crippen LogP contribution in [0.5, 0.6) is 0 Å². The van der Waals surface area contributed by atoms with E-state index in [1.54, 1.807) is 0 Å². The molecule has 1 aromatic rings. The Morgan fingerprint density at radius 1 is 1.21 bits per heavy atom. The Morgan fingerprint density at radius 2 is 1.79 bits per heavy atom. The maximum atomic E-state index is 12.4. The van der Waals surface area contributed by atoms with Crippen molar-refractivity contribution in [2.45, 2.75) is 40.5 Å². The lowest BCUT2D eigenvalue weighted by atomic mass is 9.83. The molecular formula is C17H27NO. The predicted octanol–water partition coefficient (Wildman–Crippen LogP) is 4.40. The van der Waals surface area contributed by atoms with E-state index in [1.807, 2.05) is 43.3 Å². The summed E-state index contributed by atoms with van der Waals surface area (Å²) in [5.41, 5.74) is 2.13. The Balaban J connectivity index is 2.79. The van der Waals surface area contributed by atoms with Gasteiger partial charge < -0.3 is 4.90 Å². The Hall–Kier alpha value is -1.31. The monoisotopic (exact) mass is 261 g/mol. The molecule has 106 valence electrons. The van der Waals surface area contributed by atoms with Crippen molar-refractivity contribution in [3.63, 3.8) is 0 Å². The predicted molar refractivity (Wildman–Crippen MR) is 83.0 cm³/mol. The van der Waals surface area contributed by atoms with Gasteiger partial charge in [-0.05, 0) is 29.9 Å². The molecular weight excluding hydrogens is 234 g/mol. The van der Waals surface area contributed by atoms with Crippen molar-refractivity contribution in [3.05, 3.63) is 29.8 Å². The molecule has 0 N–H and O–H groups in total. The number of Topliss-reactive ketones (excluding diaryl/α,β-unsaturated/α-hetero) is 1.